The lowest BCUT2D eigenvalue weighted by Gasteiger charge is -2.35. The van der Waals surface area contributed by atoms with Crippen molar-refractivity contribution in [2.24, 2.45) is 0 Å². The third-order valence-corrected chi connectivity index (χ3v) is 3.81. The lowest BCUT2D eigenvalue weighted by Crippen LogP contribution is -2.46. The van der Waals surface area contributed by atoms with Crippen LogP contribution in [0.1, 0.15) is 22.7 Å². The average molecular weight is 379 g/mol. The summed E-state index contributed by atoms with van der Waals surface area (Å²) in [5, 5.41) is 12.5. The number of halogens is 7. The highest BCUT2D eigenvalue weighted by molar-refractivity contribution is 5.85. The quantitative estimate of drug-likeness (QED) is 0.793. The van der Waals surface area contributed by atoms with Gasteiger partial charge in [-0.3, -0.25) is 4.90 Å². The Bertz CT molecular complexity index is 543. The van der Waals surface area contributed by atoms with Crippen molar-refractivity contribution in [1.29, 1.82) is 0 Å². The van der Waals surface area contributed by atoms with Crippen LogP contribution in [0.4, 0.5) is 26.3 Å². The van der Waals surface area contributed by atoms with E-state index in [1.54, 1.807) is 4.90 Å². The van der Waals surface area contributed by atoms with Crippen LogP contribution in [0.3, 0.4) is 0 Å². The zero-order chi connectivity index (χ0) is 17.3. The van der Waals surface area contributed by atoms with Crippen molar-refractivity contribution in [3.8, 4) is 0 Å². The first-order chi connectivity index (χ1) is 10.6. The van der Waals surface area contributed by atoms with Gasteiger partial charge in [0, 0.05) is 26.2 Å². The smallest absolute Gasteiger partial charge is 0.394 e. The van der Waals surface area contributed by atoms with E-state index in [1.807, 2.05) is 0 Å². The van der Waals surface area contributed by atoms with Gasteiger partial charge >= 0.3 is 12.4 Å². The Morgan fingerprint density at radius 1 is 1.04 bits per heavy atom. The van der Waals surface area contributed by atoms with Crippen molar-refractivity contribution in [2.45, 2.75) is 18.4 Å². The largest absolute Gasteiger partial charge is 0.416 e. The first-order valence-electron chi connectivity index (χ1n) is 6.98. The third kappa shape index (κ3) is 4.75. The summed E-state index contributed by atoms with van der Waals surface area (Å²) < 4.78 is 77.7. The molecule has 0 amide bonds. The fourth-order valence-corrected chi connectivity index (χ4v) is 2.67. The minimum Gasteiger partial charge on any atom is -0.394 e. The Balaban J connectivity index is 0.00000288. The van der Waals surface area contributed by atoms with Crippen LogP contribution >= 0.6 is 12.4 Å². The molecule has 24 heavy (non-hydrogen) atoms. The number of rotatable bonds is 3. The summed E-state index contributed by atoms with van der Waals surface area (Å²) in [6.45, 7) is 1.29. The monoisotopic (exact) mass is 378 g/mol. The van der Waals surface area contributed by atoms with Gasteiger partial charge in [0.25, 0.3) is 0 Å². The molecule has 0 radical (unpaired) electrons. The summed E-state index contributed by atoms with van der Waals surface area (Å²) in [4.78, 5) is 1.63. The fraction of sp³-hybridized carbons (Fsp3) is 0.571. The van der Waals surface area contributed by atoms with Gasteiger partial charge in [-0.25, -0.2) is 0 Å². The topological polar surface area (TPSA) is 35.5 Å². The van der Waals surface area contributed by atoms with Crippen molar-refractivity contribution in [3.05, 3.63) is 34.9 Å². The maximum atomic E-state index is 13.2. The molecule has 3 nitrogen and oxygen atoms in total. The Kier molecular flexibility index (Phi) is 6.92. The van der Waals surface area contributed by atoms with Crippen LogP contribution in [-0.4, -0.2) is 42.8 Å². The molecule has 1 aliphatic rings. The SMILES string of the molecule is Cl.OC[C@@H](c1ccc(C(F)(F)F)cc1C(F)(F)F)N1CCNCC1. The fourth-order valence-electron chi connectivity index (χ4n) is 2.67. The molecule has 0 bridgehead atoms. The minimum atomic E-state index is -4.93. The number of piperazine rings is 1. The van der Waals surface area contributed by atoms with Crippen molar-refractivity contribution in [2.75, 3.05) is 32.8 Å². The molecular formula is C14H17ClF6N2O. The molecule has 1 heterocycles. The summed E-state index contributed by atoms with van der Waals surface area (Å²) in [6.07, 6.45) is -9.79. The van der Waals surface area contributed by atoms with E-state index in [9.17, 15) is 31.4 Å². The zero-order valence-electron chi connectivity index (χ0n) is 12.4. The number of benzene rings is 1. The second kappa shape index (κ2) is 7.90. The van der Waals surface area contributed by atoms with Crippen molar-refractivity contribution >= 4 is 12.4 Å². The molecule has 0 aliphatic carbocycles. The van der Waals surface area contributed by atoms with E-state index in [-0.39, 0.29) is 24.0 Å². The van der Waals surface area contributed by atoms with Gasteiger partial charge in [-0.2, -0.15) is 26.3 Å². The first-order valence-corrected chi connectivity index (χ1v) is 6.98. The maximum absolute atomic E-state index is 13.2. The van der Waals surface area contributed by atoms with E-state index >= 15 is 0 Å². The molecule has 0 saturated carbocycles. The molecule has 1 saturated heterocycles. The van der Waals surface area contributed by atoms with Crippen molar-refractivity contribution in [3.63, 3.8) is 0 Å². The number of aliphatic hydroxyl groups is 1. The van der Waals surface area contributed by atoms with Crippen LogP contribution < -0.4 is 5.32 Å². The second-order valence-electron chi connectivity index (χ2n) is 5.28. The van der Waals surface area contributed by atoms with Crippen LogP contribution in [0.15, 0.2) is 18.2 Å². The summed E-state index contributed by atoms with van der Waals surface area (Å²) in [7, 11) is 0. The van der Waals surface area contributed by atoms with Crippen molar-refractivity contribution < 1.29 is 31.4 Å². The van der Waals surface area contributed by atoms with Gasteiger partial charge in [-0.05, 0) is 17.7 Å². The number of alkyl halides is 6. The number of hydrogen-bond acceptors (Lipinski definition) is 3. The molecular weight excluding hydrogens is 362 g/mol. The van der Waals surface area contributed by atoms with Crippen LogP contribution in [-0.2, 0) is 12.4 Å². The van der Waals surface area contributed by atoms with E-state index < -0.39 is 36.1 Å². The Morgan fingerprint density at radius 3 is 2.08 bits per heavy atom. The van der Waals surface area contributed by atoms with Gasteiger partial charge in [0.1, 0.15) is 0 Å². The lowest BCUT2D eigenvalue weighted by atomic mass is 9.96. The summed E-state index contributed by atoms with van der Waals surface area (Å²) in [6, 6.07) is 0.556. The van der Waals surface area contributed by atoms with Crippen LogP contribution in [0.2, 0.25) is 0 Å². The highest BCUT2D eigenvalue weighted by atomic mass is 35.5. The standard InChI is InChI=1S/C14H16F6N2O.ClH/c15-13(16,17)9-1-2-10(11(7-9)14(18,19)20)12(8-23)22-5-3-21-4-6-22;/h1-2,7,12,21,23H,3-6,8H2;1H/t12-;/m0./s1. The minimum absolute atomic E-state index is 0. The molecule has 0 aromatic heterocycles. The molecule has 2 N–H and O–H groups in total. The van der Waals surface area contributed by atoms with Gasteiger partial charge in [0.2, 0.25) is 0 Å². The highest BCUT2D eigenvalue weighted by Crippen LogP contribution is 2.40. The molecule has 1 aromatic rings. The summed E-state index contributed by atoms with van der Waals surface area (Å²) in [5.74, 6) is 0. The van der Waals surface area contributed by atoms with Gasteiger partial charge in [0.05, 0.1) is 23.8 Å². The number of nitrogens with zero attached hydrogens (tertiary/aromatic N) is 1. The predicted octanol–water partition coefficient (Wildman–Crippen LogP) is 3.08. The molecule has 2 rings (SSSR count). The van der Waals surface area contributed by atoms with E-state index in [0.29, 0.717) is 32.2 Å². The normalized spacial score (nSPS) is 18.1. The Hall–Kier alpha value is -1.03. The first kappa shape index (κ1) is 21.0. The highest BCUT2D eigenvalue weighted by Gasteiger charge is 2.40. The van der Waals surface area contributed by atoms with Gasteiger partial charge in [-0.15, -0.1) is 12.4 Å². The third-order valence-electron chi connectivity index (χ3n) is 3.81. The molecule has 1 atom stereocenters. The predicted molar refractivity (Wildman–Crippen MR) is 78.0 cm³/mol. The Labute approximate surface area is 141 Å². The van der Waals surface area contributed by atoms with Gasteiger partial charge < -0.3 is 10.4 Å². The van der Waals surface area contributed by atoms with E-state index in [4.69, 9.17) is 0 Å². The summed E-state index contributed by atoms with van der Waals surface area (Å²) in [5.41, 5.74) is -3.05. The van der Waals surface area contributed by atoms with Crippen LogP contribution in [0, 0.1) is 0 Å². The molecule has 1 fully saturated rings. The zero-order valence-corrected chi connectivity index (χ0v) is 13.2. The number of nitrogens with one attached hydrogen (secondary N) is 1. The van der Waals surface area contributed by atoms with Gasteiger partial charge in [-0.1, -0.05) is 6.07 Å². The Morgan fingerprint density at radius 2 is 1.62 bits per heavy atom. The lowest BCUT2D eigenvalue weighted by molar-refractivity contribution is -0.143. The molecule has 10 heteroatoms. The number of hydrogen-bond donors (Lipinski definition) is 2. The van der Waals surface area contributed by atoms with Gasteiger partial charge in [0.15, 0.2) is 0 Å². The number of aliphatic hydroxyl groups excluding tert-OH is 1. The van der Waals surface area contributed by atoms with Crippen LogP contribution in [0.25, 0.3) is 0 Å². The summed E-state index contributed by atoms with van der Waals surface area (Å²) >= 11 is 0. The molecule has 138 valence electrons. The molecule has 0 spiro atoms. The molecule has 1 aliphatic heterocycles. The van der Waals surface area contributed by atoms with E-state index in [0.717, 1.165) is 6.07 Å². The molecule has 1 aromatic carbocycles. The maximum Gasteiger partial charge on any atom is 0.416 e. The van der Waals surface area contributed by atoms with E-state index in [2.05, 4.69) is 5.32 Å². The second-order valence-corrected chi connectivity index (χ2v) is 5.28. The van der Waals surface area contributed by atoms with Crippen LogP contribution in [0.5, 0.6) is 0 Å². The van der Waals surface area contributed by atoms with E-state index in [1.165, 1.54) is 0 Å². The van der Waals surface area contributed by atoms with Crippen molar-refractivity contribution in [1.82, 2.24) is 10.2 Å². The average Bonchev–Trinajstić information content (AvgIpc) is 2.47. The molecule has 0 unspecified atom stereocenters.